The fourth-order valence-corrected chi connectivity index (χ4v) is 3.89. The Morgan fingerprint density at radius 3 is 2.24 bits per heavy atom. The first-order chi connectivity index (χ1) is 10.2. The van der Waals surface area contributed by atoms with Crippen molar-refractivity contribution in [3.05, 3.63) is 0 Å². The van der Waals surface area contributed by atoms with E-state index >= 15 is 0 Å². The second-order valence-corrected chi connectivity index (χ2v) is 7.87. The highest BCUT2D eigenvalue weighted by molar-refractivity contribution is 5.03. The topological polar surface area (TPSA) is 15.3 Å². The van der Waals surface area contributed by atoms with Crippen LogP contribution in [0.2, 0.25) is 0 Å². The summed E-state index contributed by atoms with van der Waals surface area (Å²) in [5.74, 6) is 0.950. The fourth-order valence-electron chi connectivity index (χ4n) is 3.89. The van der Waals surface area contributed by atoms with Gasteiger partial charge in [-0.3, -0.25) is 4.90 Å². The van der Waals surface area contributed by atoms with Gasteiger partial charge in [-0.25, -0.2) is 0 Å². The van der Waals surface area contributed by atoms with E-state index in [4.69, 9.17) is 0 Å². The summed E-state index contributed by atoms with van der Waals surface area (Å²) in [6.45, 7) is 10.9. The molecule has 0 bridgehead atoms. The molecule has 2 fully saturated rings. The van der Waals surface area contributed by atoms with Gasteiger partial charge in [-0.05, 0) is 45.6 Å². The van der Waals surface area contributed by atoms with Gasteiger partial charge >= 0.3 is 0 Å². The molecule has 0 aromatic heterocycles. The Hall–Kier alpha value is -0.0800. The number of piperazine rings is 1. The van der Waals surface area contributed by atoms with Crippen molar-refractivity contribution in [3.8, 4) is 0 Å². The van der Waals surface area contributed by atoms with Crippen molar-refractivity contribution >= 4 is 0 Å². The summed E-state index contributed by atoms with van der Waals surface area (Å²) in [4.78, 5) is 2.76. The number of nitrogens with one attached hydrogen (secondary N) is 1. The first-order valence-corrected chi connectivity index (χ1v) is 9.65. The standard InChI is InChI=1S/C19H38N2/c1-4-5-6-7-8-9-10-11-14-21-16-19(3,18-12-13-18)20-15-17(21)2/h17-18,20H,4-16H2,1-3H3. The average molecular weight is 295 g/mol. The number of rotatable bonds is 10. The first kappa shape index (κ1) is 17.3. The van der Waals surface area contributed by atoms with E-state index in [2.05, 4.69) is 31.0 Å². The number of hydrogen-bond donors (Lipinski definition) is 1. The number of hydrogen-bond acceptors (Lipinski definition) is 2. The molecule has 2 rings (SSSR count). The van der Waals surface area contributed by atoms with E-state index in [1.165, 1.54) is 83.8 Å². The van der Waals surface area contributed by atoms with Crippen molar-refractivity contribution in [1.82, 2.24) is 10.2 Å². The van der Waals surface area contributed by atoms with Crippen molar-refractivity contribution in [2.75, 3.05) is 19.6 Å². The predicted molar refractivity (Wildman–Crippen MR) is 92.8 cm³/mol. The van der Waals surface area contributed by atoms with E-state index in [0.29, 0.717) is 5.54 Å². The molecule has 0 aromatic carbocycles. The molecule has 1 aliphatic carbocycles. The lowest BCUT2D eigenvalue weighted by atomic mass is 9.91. The summed E-state index contributed by atoms with van der Waals surface area (Å²) in [6.07, 6.45) is 14.3. The van der Waals surface area contributed by atoms with Gasteiger partial charge in [0.05, 0.1) is 0 Å². The largest absolute Gasteiger partial charge is 0.308 e. The van der Waals surface area contributed by atoms with E-state index in [1.807, 2.05) is 0 Å². The van der Waals surface area contributed by atoms with Crippen LogP contribution >= 0.6 is 0 Å². The molecule has 1 aliphatic heterocycles. The highest BCUT2D eigenvalue weighted by atomic mass is 15.2. The van der Waals surface area contributed by atoms with Gasteiger partial charge < -0.3 is 5.32 Å². The normalized spacial score (nSPS) is 30.7. The molecule has 2 nitrogen and oxygen atoms in total. The molecule has 2 unspecified atom stereocenters. The second-order valence-electron chi connectivity index (χ2n) is 7.87. The predicted octanol–water partition coefficient (Wildman–Crippen LogP) is 4.59. The lowest BCUT2D eigenvalue weighted by molar-refractivity contribution is 0.0817. The van der Waals surface area contributed by atoms with E-state index in [-0.39, 0.29) is 0 Å². The molecule has 2 aliphatic rings. The summed E-state index contributed by atoms with van der Waals surface area (Å²) in [7, 11) is 0. The van der Waals surface area contributed by atoms with Crippen LogP contribution in [0.3, 0.4) is 0 Å². The maximum atomic E-state index is 3.83. The molecule has 0 radical (unpaired) electrons. The summed E-state index contributed by atoms with van der Waals surface area (Å²) >= 11 is 0. The molecule has 0 amide bonds. The zero-order valence-electron chi connectivity index (χ0n) is 14.8. The van der Waals surface area contributed by atoms with E-state index < -0.39 is 0 Å². The van der Waals surface area contributed by atoms with Gasteiger partial charge in [0.25, 0.3) is 0 Å². The monoisotopic (exact) mass is 294 g/mol. The highest BCUT2D eigenvalue weighted by Gasteiger charge is 2.44. The molecule has 1 N–H and O–H groups in total. The molecule has 2 atom stereocenters. The summed E-state index contributed by atoms with van der Waals surface area (Å²) in [5, 5.41) is 3.83. The molecule has 1 heterocycles. The summed E-state index contributed by atoms with van der Waals surface area (Å²) in [5.41, 5.74) is 0.409. The molecule has 0 spiro atoms. The van der Waals surface area contributed by atoms with Crippen molar-refractivity contribution in [3.63, 3.8) is 0 Å². The molecule has 0 aromatic rings. The summed E-state index contributed by atoms with van der Waals surface area (Å²) < 4.78 is 0. The van der Waals surface area contributed by atoms with Crippen LogP contribution in [-0.4, -0.2) is 36.1 Å². The molecule has 1 saturated carbocycles. The van der Waals surface area contributed by atoms with Crippen molar-refractivity contribution < 1.29 is 0 Å². The van der Waals surface area contributed by atoms with Crippen molar-refractivity contribution in [2.24, 2.45) is 5.92 Å². The van der Waals surface area contributed by atoms with E-state index in [0.717, 1.165) is 12.0 Å². The molecular formula is C19H38N2. The van der Waals surface area contributed by atoms with Crippen LogP contribution in [-0.2, 0) is 0 Å². The van der Waals surface area contributed by atoms with Gasteiger partial charge in [0, 0.05) is 24.7 Å². The Morgan fingerprint density at radius 2 is 1.62 bits per heavy atom. The lowest BCUT2D eigenvalue weighted by Crippen LogP contribution is -2.63. The van der Waals surface area contributed by atoms with Gasteiger partial charge in [0.15, 0.2) is 0 Å². The van der Waals surface area contributed by atoms with Crippen LogP contribution in [0.4, 0.5) is 0 Å². The van der Waals surface area contributed by atoms with Gasteiger partial charge in [-0.2, -0.15) is 0 Å². The van der Waals surface area contributed by atoms with Crippen LogP contribution in [0.15, 0.2) is 0 Å². The Kier molecular flexibility index (Phi) is 7.01. The maximum Gasteiger partial charge on any atom is 0.0309 e. The van der Waals surface area contributed by atoms with Gasteiger partial charge in [-0.1, -0.05) is 51.9 Å². The zero-order chi connectivity index (χ0) is 15.1. The molecular weight excluding hydrogens is 256 g/mol. The minimum absolute atomic E-state index is 0.409. The Balaban J connectivity index is 1.56. The zero-order valence-corrected chi connectivity index (χ0v) is 14.8. The fraction of sp³-hybridized carbons (Fsp3) is 1.00. The Labute approximate surface area is 133 Å². The average Bonchev–Trinajstić information content (AvgIpc) is 3.31. The smallest absolute Gasteiger partial charge is 0.0309 e. The highest BCUT2D eigenvalue weighted by Crippen LogP contribution is 2.41. The van der Waals surface area contributed by atoms with Gasteiger partial charge in [0.1, 0.15) is 0 Å². The maximum absolute atomic E-state index is 3.83. The third-order valence-corrected chi connectivity index (χ3v) is 5.73. The van der Waals surface area contributed by atoms with Crippen LogP contribution in [0.1, 0.15) is 85.0 Å². The van der Waals surface area contributed by atoms with E-state index in [9.17, 15) is 0 Å². The quantitative estimate of drug-likeness (QED) is 0.593. The third kappa shape index (κ3) is 5.56. The van der Waals surface area contributed by atoms with Crippen molar-refractivity contribution in [1.29, 1.82) is 0 Å². The molecule has 124 valence electrons. The summed E-state index contributed by atoms with van der Waals surface area (Å²) in [6, 6.07) is 0.723. The second kappa shape index (κ2) is 8.53. The molecule has 2 heteroatoms. The van der Waals surface area contributed by atoms with Gasteiger partial charge in [-0.15, -0.1) is 0 Å². The minimum atomic E-state index is 0.409. The SMILES string of the molecule is CCCCCCCCCCN1CC(C)(C2CC2)NCC1C. The minimum Gasteiger partial charge on any atom is -0.308 e. The van der Waals surface area contributed by atoms with E-state index in [1.54, 1.807) is 0 Å². The van der Waals surface area contributed by atoms with Crippen molar-refractivity contribution in [2.45, 2.75) is 96.6 Å². The van der Waals surface area contributed by atoms with Crippen LogP contribution in [0.5, 0.6) is 0 Å². The van der Waals surface area contributed by atoms with Crippen LogP contribution in [0.25, 0.3) is 0 Å². The van der Waals surface area contributed by atoms with Crippen LogP contribution in [0, 0.1) is 5.92 Å². The van der Waals surface area contributed by atoms with Gasteiger partial charge in [0.2, 0.25) is 0 Å². The molecule has 21 heavy (non-hydrogen) atoms. The molecule has 1 saturated heterocycles. The first-order valence-electron chi connectivity index (χ1n) is 9.65. The Bertz CT molecular complexity index is 287. The number of nitrogens with zero attached hydrogens (tertiary/aromatic N) is 1. The number of unbranched alkanes of at least 4 members (excludes halogenated alkanes) is 7. The van der Waals surface area contributed by atoms with Crippen LogP contribution < -0.4 is 5.32 Å². The Morgan fingerprint density at radius 1 is 1.00 bits per heavy atom. The third-order valence-electron chi connectivity index (χ3n) is 5.73. The lowest BCUT2D eigenvalue weighted by Gasteiger charge is -2.45.